The molecule has 5 heteroatoms. The fourth-order valence-corrected chi connectivity index (χ4v) is 1.94. The lowest BCUT2D eigenvalue weighted by Crippen LogP contribution is -2.28. The first-order chi connectivity index (χ1) is 10.1. The van der Waals surface area contributed by atoms with Crippen molar-refractivity contribution in [1.82, 2.24) is 5.32 Å². The molecule has 0 aliphatic rings. The molecule has 2 aromatic carbocycles. The van der Waals surface area contributed by atoms with Crippen LogP contribution in [-0.2, 0) is 6.54 Å². The van der Waals surface area contributed by atoms with E-state index in [1.165, 1.54) is 25.3 Å². The van der Waals surface area contributed by atoms with E-state index in [1.54, 1.807) is 0 Å². The van der Waals surface area contributed by atoms with Gasteiger partial charge in [-0.05, 0) is 24.6 Å². The maximum absolute atomic E-state index is 13.1. The Labute approximate surface area is 122 Å². The SMILES string of the molecule is COc1cc(F)ccc1NC(=O)NCc1cccc(C)c1. The Hall–Kier alpha value is -2.56. The van der Waals surface area contributed by atoms with Crippen LogP contribution in [0.15, 0.2) is 42.5 Å². The lowest BCUT2D eigenvalue weighted by Gasteiger charge is -2.11. The standard InChI is InChI=1S/C16H17FN2O2/c1-11-4-3-5-12(8-11)10-18-16(20)19-14-7-6-13(17)9-15(14)21-2/h3-9H,10H2,1-2H3,(H2,18,19,20). The summed E-state index contributed by atoms with van der Waals surface area (Å²) < 4.78 is 18.1. The third-order valence-electron chi connectivity index (χ3n) is 2.95. The maximum atomic E-state index is 13.1. The van der Waals surface area contributed by atoms with E-state index in [9.17, 15) is 9.18 Å². The van der Waals surface area contributed by atoms with Gasteiger partial charge in [-0.3, -0.25) is 0 Å². The highest BCUT2D eigenvalue weighted by atomic mass is 19.1. The zero-order chi connectivity index (χ0) is 15.2. The molecular formula is C16H17FN2O2. The number of halogens is 1. The van der Waals surface area contributed by atoms with Crippen LogP contribution < -0.4 is 15.4 Å². The smallest absolute Gasteiger partial charge is 0.319 e. The van der Waals surface area contributed by atoms with Crippen LogP contribution in [0.2, 0.25) is 0 Å². The molecule has 2 N–H and O–H groups in total. The molecule has 0 aliphatic heterocycles. The van der Waals surface area contributed by atoms with Gasteiger partial charge in [0.2, 0.25) is 0 Å². The van der Waals surface area contributed by atoms with Crippen LogP contribution in [0.4, 0.5) is 14.9 Å². The third kappa shape index (κ3) is 4.21. The summed E-state index contributed by atoms with van der Waals surface area (Å²) in [5, 5.41) is 5.37. The third-order valence-corrected chi connectivity index (χ3v) is 2.95. The van der Waals surface area contributed by atoms with Gasteiger partial charge < -0.3 is 15.4 Å². The van der Waals surface area contributed by atoms with Crippen molar-refractivity contribution in [3.8, 4) is 5.75 Å². The van der Waals surface area contributed by atoms with Crippen molar-refractivity contribution >= 4 is 11.7 Å². The molecular weight excluding hydrogens is 271 g/mol. The number of methoxy groups -OCH3 is 1. The number of aryl methyl sites for hydroxylation is 1. The number of benzene rings is 2. The molecule has 4 nitrogen and oxygen atoms in total. The molecule has 0 atom stereocenters. The second-order valence-corrected chi connectivity index (χ2v) is 4.64. The molecule has 2 aromatic rings. The zero-order valence-electron chi connectivity index (χ0n) is 11.9. The number of nitrogens with one attached hydrogen (secondary N) is 2. The fourth-order valence-electron chi connectivity index (χ4n) is 1.94. The van der Waals surface area contributed by atoms with Gasteiger partial charge in [0, 0.05) is 12.6 Å². The number of carbonyl (C=O) groups excluding carboxylic acids is 1. The van der Waals surface area contributed by atoms with Crippen LogP contribution in [0.25, 0.3) is 0 Å². The lowest BCUT2D eigenvalue weighted by molar-refractivity contribution is 0.251. The molecule has 0 aromatic heterocycles. The summed E-state index contributed by atoms with van der Waals surface area (Å²) in [5.41, 5.74) is 2.56. The average molecular weight is 288 g/mol. The summed E-state index contributed by atoms with van der Waals surface area (Å²) in [4.78, 5) is 11.9. The second-order valence-electron chi connectivity index (χ2n) is 4.64. The largest absolute Gasteiger partial charge is 0.494 e. The predicted octanol–water partition coefficient (Wildman–Crippen LogP) is 3.46. The summed E-state index contributed by atoms with van der Waals surface area (Å²) in [6, 6.07) is 11.4. The Morgan fingerprint density at radius 2 is 2.05 bits per heavy atom. The molecule has 21 heavy (non-hydrogen) atoms. The molecule has 110 valence electrons. The molecule has 0 spiro atoms. The monoisotopic (exact) mass is 288 g/mol. The topological polar surface area (TPSA) is 50.4 Å². The average Bonchev–Trinajstić information content (AvgIpc) is 2.47. The number of carbonyl (C=O) groups is 1. The van der Waals surface area contributed by atoms with E-state index in [0.29, 0.717) is 12.2 Å². The first-order valence-electron chi connectivity index (χ1n) is 6.52. The summed E-state index contributed by atoms with van der Waals surface area (Å²) in [5.74, 6) is -0.140. The maximum Gasteiger partial charge on any atom is 0.319 e. The van der Waals surface area contributed by atoms with E-state index in [1.807, 2.05) is 31.2 Å². The Bertz CT molecular complexity index is 644. The van der Waals surface area contributed by atoms with E-state index >= 15 is 0 Å². The highest BCUT2D eigenvalue weighted by Gasteiger charge is 2.08. The fraction of sp³-hybridized carbons (Fsp3) is 0.188. The van der Waals surface area contributed by atoms with Crippen molar-refractivity contribution in [3.63, 3.8) is 0 Å². The van der Waals surface area contributed by atoms with Crippen molar-refractivity contribution in [1.29, 1.82) is 0 Å². The number of ether oxygens (including phenoxy) is 1. The lowest BCUT2D eigenvalue weighted by atomic mass is 10.1. The number of urea groups is 1. The summed E-state index contributed by atoms with van der Waals surface area (Å²) in [6.07, 6.45) is 0. The molecule has 0 saturated carbocycles. The van der Waals surface area contributed by atoms with E-state index < -0.39 is 5.82 Å². The number of hydrogen-bond acceptors (Lipinski definition) is 2. The van der Waals surface area contributed by atoms with Crippen molar-refractivity contribution in [2.75, 3.05) is 12.4 Å². The molecule has 0 fully saturated rings. The highest BCUT2D eigenvalue weighted by Crippen LogP contribution is 2.24. The Morgan fingerprint density at radius 1 is 1.24 bits per heavy atom. The van der Waals surface area contributed by atoms with Gasteiger partial charge in [-0.25, -0.2) is 9.18 Å². The minimum Gasteiger partial charge on any atom is -0.494 e. The van der Waals surface area contributed by atoms with Crippen LogP contribution in [0.5, 0.6) is 5.75 Å². The van der Waals surface area contributed by atoms with Crippen molar-refractivity contribution in [3.05, 3.63) is 59.4 Å². The highest BCUT2D eigenvalue weighted by molar-refractivity contribution is 5.90. The Balaban J connectivity index is 1.96. The van der Waals surface area contributed by atoms with E-state index in [2.05, 4.69) is 10.6 Å². The van der Waals surface area contributed by atoms with Gasteiger partial charge in [0.05, 0.1) is 12.8 Å². The number of rotatable bonds is 4. The van der Waals surface area contributed by atoms with Gasteiger partial charge in [-0.1, -0.05) is 29.8 Å². The zero-order valence-corrected chi connectivity index (χ0v) is 11.9. The first-order valence-corrected chi connectivity index (χ1v) is 6.52. The van der Waals surface area contributed by atoms with Crippen LogP contribution in [0.1, 0.15) is 11.1 Å². The van der Waals surface area contributed by atoms with Crippen molar-refractivity contribution in [2.24, 2.45) is 0 Å². The van der Waals surface area contributed by atoms with E-state index in [0.717, 1.165) is 11.1 Å². The molecule has 0 radical (unpaired) electrons. The molecule has 2 amide bonds. The number of anilines is 1. The normalized spacial score (nSPS) is 10.0. The summed E-state index contributed by atoms with van der Waals surface area (Å²) in [6.45, 7) is 2.41. The van der Waals surface area contributed by atoms with Crippen LogP contribution in [0, 0.1) is 12.7 Å². The van der Waals surface area contributed by atoms with Gasteiger partial charge in [-0.2, -0.15) is 0 Å². The molecule has 0 heterocycles. The van der Waals surface area contributed by atoms with Gasteiger partial charge in [0.25, 0.3) is 0 Å². The van der Waals surface area contributed by atoms with E-state index in [-0.39, 0.29) is 11.8 Å². The molecule has 0 bridgehead atoms. The van der Waals surface area contributed by atoms with Gasteiger partial charge in [0.15, 0.2) is 0 Å². The summed E-state index contributed by atoms with van der Waals surface area (Å²) >= 11 is 0. The van der Waals surface area contributed by atoms with Gasteiger partial charge in [0.1, 0.15) is 11.6 Å². The van der Waals surface area contributed by atoms with Crippen LogP contribution in [-0.4, -0.2) is 13.1 Å². The van der Waals surface area contributed by atoms with Crippen molar-refractivity contribution in [2.45, 2.75) is 13.5 Å². The van der Waals surface area contributed by atoms with Crippen LogP contribution in [0.3, 0.4) is 0 Å². The first kappa shape index (κ1) is 14.8. The Kier molecular flexibility index (Phi) is 4.77. The van der Waals surface area contributed by atoms with E-state index in [4.69, 9.17) is 4.74 Å². The number of hydrogen-bond donors (Lipinski definition) is 2. The van der Waals surface area contributed by atoms with Crippen molar-refractivity contribution < 1.29 is 13.9 Å². The second kappa shape index (κ2) is 6.74. The van der Waals surface area contributed by atoms with Gasteiger partial charge in [-0.15, -0.1) is 0 Å². The minimum absolute atomic E-state index is 0.278. The molecule has 2 rings (SSSR count). The molecule has 0 aliphatic carbocycles. The predicted molar refractivity (Wildman–Crippen MR) is 80.0 cm³/mol. The minimum atomic E-state index is -0.419. The molecule has 0 unspecified atom stereocenters. The summed E-state index contributed by atoms with van der Waals surface area (Å²) in [7, 11) is 1.42. The Morgan fingerprint density at radius 3 is 2.76 bits per heavy atom. The van der Waals surface area contributed by atoms with Crippen LogP contribution >= 0.6 is 0 Å². The van der Waals surface area contributed by atoms with Gasteiger partial charge >= 0.3 is 6.03 Å². The molecule has 0 saturated heterocycles. The number of amides is 2. The quantitative estimate of drug-likeness (QED) is 0.905.